The molecule has 0 heterocycles. The molecule has 0 radical (unpaired) electrons. The summed E-state index contributed by atoms with van der Waals surface area (Å²) in [5.41, 5.74) is 0. The van der Waals surface area contributed by atoms with Crippen molar-refractivity contribution in [2.45, 2.75) is 6.92 Å². The Balaban J connectivity index is 3.76. The van der Waals surface area contributed by atoms with Crippen LogP contribution in [0.4, 0.5) is 4.39 Å². The lowest BCUT2D eigenvalue weighted by Crippen LogP contribution is -2.06. The third-order valence-electron chi connectivity index (χ3n) is 0.578. The maximum atomic E-state index is 11.1. The molecule has 0 aliphatic heterocycles. The van der Waals surface area contributed by atoms with Gasteiger partial charge in [-0.1, -0.05) is 0 Å². The third-order valence-corrected chi connectivity index (χ3v) is 1.73. The summed E-state index contributed by atoms with van der Waals surface area (Å²) in [5, 5.41) is 0. The van der Waals surface area contributed by atoms with Crippen LogP contribution in [0.25, 0.3) is 0 Å². The van der Waals surface area contributed by atoms with Gasteiger partial charge in [-0.3, -0.25) is 0 Å². The van der Waals surface area contributed by atoms with Crippen LogP contribution in [0, 0.1) is 0 Å². The maximum absolute atomic E-state index is 11.1. The zero-order chi connectivity index (χ0) is 6.62. The molecule has 0 saturated carbocycles. The van der Waals surface area contributed by atoms with Crippen molar-refractivity contribution < 1.29 is 17.0 Å². The Morgan fingerprint density at radius 1 is 1.62 bits per heavy atom. The fourth-order valence-corrected chi connectivity index (χ4v) is 0.454. The van der Waals surface area contributed by atoms with Crippen LogP contribution in [-0.2, 0) is 14.3 Å². The average molecular weight is 142 g/mol. The second kappa shape index (κ2) is 2.99. The topological polar surface area (TPSA) is 43.4 Å². The summed E-state index contributed by atoms with van der Waals surface area (Å²) in [7, 11) is -3.54. The highest BCUT2D eigenvalue weighted by Crippen LogP contribution is 1.90. The molecule has 0 aromatic heterocycles. The van der Waals surface area contributed by atoms with Gasteiger partial charge in [0.05, 0.1) is 5.75 Å². The molecule has 3 nitrogen and oxygen atoms in total. The monoisotopic (exact) mass is 142 g/mol. The molecule has 50 valence electrons. The summed E-state index contributed by atoms with van der Waals surface area (Å²) in [6.45, 7) is 0.112. The van der Waals surface area contributed by atoms with Gasteiger partial charge < -0.3 is 0 Å². The molecular weight excluding hydrogens is 135 g/mol. The predicted molar refractivity (Wildman–Crippen MR) is 26.5 cm³/mol. The van der Waals surface area contributed by atoms with Gasteiger partial charge in [0.2, 0.25) is 6.86 Å². The highest BCUT2D eigenvalue weighted by molar-refractivity contribution is 7.86. The summed E-state index contributed by atoms with van der Waals surface area (Å²) in [6.07, 6.45) is 0. The van der Waals surface area contributed by atoms with Gasteiger partial charge in [0.25, 0.3) is 10.1 Å². The molecule has 5 heteroatoms. The van der Waals surface area contributed by atoms with E-state index in [0.29, 0.717) is 0 Å². The summed E-state index contributed by atoms with van der Waals surface area (Å²) < 4.78 is 35.0. The van der Waals surface area contributed by atoms with Crippen molar-refractivity contribution in [2.75, 3.05) is 12.6 Å². The van der Waals surface area contributed by atoms with Crippen LogP contribution in [0.5, 0.6) is 0 Å². The summed E-state index contributed by atoms with van der Waals surface area (Å²) in [5.74, 6) is -0.184. The van der Waals surface area contributed by atoms with E-state index in [9.17, 15) is 12.8 Å². The van der Waals surface area contributed by atoms with Gasteiger partial charge in [-0.25, -0.2) is 8.57 Å². The number of hydrogen-bond acceptors (Lipinski definition) is 3. The molecule has 0 aliphatic carbocycles. The lowest BCUT2D eigenvalue weighted by Gasteiger charge is -1.93. The number of rotatable bonds is 3. The van der Waals surface area contributed by atoms with Crippen LogP contribution >= 0.6 is 0 Å². The smallest absolute Gasteiger partial charge is 0.236 e. The van der Waals surface area contributed by atoms with Crippen molar-refractivity contribution in [2.24, 2.45) is 0 Å². The van der Waals surface area contributed by atoms with Gasteiger partial charge in [0.1, 0.15) is 0 Å². The summed E-state index contributed by atoms with van der Waals surface area (Å²) in [6, 6.07) is 0. The van der Waals surface area contributed by atoms with Crippen molar-refractivity contribution in [3.63, 3.8) is 0 Å². The van der Waals surface area contributed by atoms with E-state index in [1.54, 1.807) is 0 Å². The number of alkyl halides is 1. The van der Waals surface area contributed by atoms with Gasteiger partial charge in [-0.15, -0.1) is 0 Å². The molecule has 0 N–H and O–H groups in total. The van der Waals surface area contributed by atoms with E-state index in [-0.39, 0.29) is 5.75 Å². The normalized spacial score (nSPS) is 11.8. The molecule has 0 fully saturated rings. The van der Waals surface area contributed by atoms with Gasteiger partial charge >= 0.3 is 0 Å². The quantitative estimate of drug-likeness (QED) is 0.531. The average Bonchev–Trinajstić information content (AvgIpc) is 1.67. The first kappa shape index (κ1) is 7.84. The van der Waals surface area contributed by atoms with Crippen LogP contribution in [-0.4, -0.2) is 21.0 Å². The largest absolute Gasteiger partial charge is 0.269 e. The molecule has 0 spiro atoms. The highest BCUT2D eigenvalue weighted by Gasteiger charge is 2.04. The molecular formula is C3H7FO3S. The van der Waals surface area contributed by atoms with Gasteiger partial charge in [-0.2, -0.15) is 8.42 Å². The Hall–Kier alpha value is -0.160. The standard InChI is InChI=1S/C3H7FO3S/c1-2-8(5,6)7-3-4/h2-3H2,1H3. The van der Waals surface area contributed by atoms with Gasteiger partial charge in [-0.05, 0) is 6.92 Å². The molecule has 0 rings (SSSR count). The second-order valence-electron chi connectivity index (χ2n) is 1.07. The first-order valence-electron chi connectivity index (χ1n) is 2.05. The van der Waals surface area contributed by atoms with Crippen LogP contribution in [0.1, 0.15) is 6.92 Å². The Labute approximate surface area is 47.6 Å². The minimum absolute atomic E-state index is 0.184. The highest BCUT2D eigenvalue weighted by atomic mass is 32.2. The molecule has 0 bridgehead atoms. The van der Waals surface area contributed by atoms with Crippen molar-refractivity contribution in [1.82, 2.24) is 0 Å². The van der Waals surface area contributed by atoms with Gasteiger partial charge in [0.15, 0.2) is 0 Å². The summed E-state index contributed by atoms with van der Waals surface area (Å²) >= 11 is 0. The lowest BCUT2D eigenvalue weighted by molar-refractivity contribution is 0.199. The van der Waals surface area contributed by atoms with Crippen molar-refractivity contribution >= 4 is 10.1 Å². The fraction of sp³-hybridized carbons (Fsp3) is 1.00. The van der Waals surface area contributed by atoms with E-state index in [0.717, 1.165) is 0 Å². The maximum Gasteiger partial charge on any atom is 0.269 e. The van der Waals surface area contributed by atoms with E-state index >= 15 is 0 Å². The van der Waals surface area contributed by atoms with Gasteiger partial charge in [0, 0.05) is 0 Å². The molecule has 8 heavy (non-hydrogen) atoms. The lowest BCUT2D eigenvalue weighted by atomic mass is 11.0. The number of halogens is 1. The minimum Gasteiger partial charge on any atom is -0.236 e. The molecule has 0 amide bonds. The first-order valence-corrected chi connectivity index (χ1v) is 3.63. The fourth-order valence-electron chi connectivity index (χ4n) is 0.151. The SMILES string of the molecule is CCS(=O)(=O)OCF. The predicted octanol–water partition coefficient (Wildman–Crippen LogP) is 0.280. The molecule has 0 unspecified atom stereocenters. The van der Waals surface area contributed by atoms with Crippen LogP contribution < -0.4 is 0 Å². The van der Waals surface area contributed by atoms with E-state index in [4.69, 9.17) is 0 Å². The Kier molecular flexibility index (Phi) is 2.93. The van der Waals surface area contributed by atoms with Crippen LogP contribution in [0.15, 0.2) is 0 Å². The Morgan fingerprint density at radius 2 is 2.12 bits per heavy atom. The Bertz CT molecular complexity index is 139. The molecule has 0 aromatic carbocycles. The minimum atomic E-state index is -3.54. The van der Waals surface area contributed by atoms with Crippen LogP contribution in [0.2, 0.25) is 0 Å². The van der Waals surface area contributed by atoms with Crippen LogP contribution in [0.3, 0.4) is 0 Å². The second-order valence-corrected chi connectivity index (χ2v) is 3.00. The van der Waals surface area contributed by atoms with E-state index in [2.05, 4.69) is 4.18 Å². The molecule has 0 saturated heterocycles. The van der Waals surface area contributed by atoms with E-state index in [1.807, 2.05) is 0 Å². The molecule has 0 aromatic rings. The van der Waals surface area contributed by atoms with E-state index in [1.165, 1.54) is 6.92 Å². The zero-order valence-corrected chi connectivity index (χ0v) is 5.24. The van der Waals surface area contributed by atoms with E-state index < -0.39 is 17.0 Å². The third kappa shape index (κ3) is 2.92. The summed E-state index contributed by atoms with van der Waals surface area (Å²) in [4.78, 5) is 0. The zero-order valence-electron chi connectivity index (χ0n) is 4.43. The van der Waals surface area contributed by atoms with Crippen molar-refractivity contribution in [3.8, 4) is 0 Å². The molecule has 0 aliphatic rings. The van der Waals surface area contributed by atoms with Crippen molar-refractivity contribution in [1.29, 1.82) is 0 Å². The Morgan fingerprint density at radius 3 is 2.25 bits per heavy atom. The number of hydrogen-bond donors (Lipinski definition) is 0. The molecule has 0 atom stereocenters. The van der Waals surface area contributed by atoms with Crippen molar-refractivity contribution in [3.05, 3.63) is 0 Å². The first-order chi connectivity index (χ1) is 3.62.